The Bertz CT molecular complexity index is 390. The van der Waals surface area contributed by atoms with Crippen LogP contribution in [0.5, 0.6) is 0 Å². The Morgan fingerprint density at radius 2 is 1.87 bits per heavy atom. The van der Waals surface area contributed by atoms with Gasteiger partial charge >= 0.3 is 0 Å². The van der Waals surface area contributed by atoms with Gasteiger partial charge in [-0.3, -0.25) is 0 Å². The number of benzene rings is 1. The molecule has 0 bridgehead atoms. The summed E-state index contributed by atoms with van der Waals surface area (Å²) < 4.78 is 0. The summed E-state index contributed by atoms with van der Waals surface area (Å²) in [7, 11) is -1.49. The summed E-state index contributed by atoms with van der Waals surface area (Å²) in [4.78, 5) is 3.68. The highest BCUT2D eigenvalue weighted by Gasteiger charge is 2.25. The fourth-order valence-electron chi connectivity index (χ4n) is 1.88. The highest BCUT2D eigenvalue weighted by atomic mass is 28.3. The maximum atomic E-state index is 3.68. The van der Waals surface area contributed by atoms with E-state index >= 15 is 0 Å². The van der Waals surface area contributed by atoms with E-state index in [0.29, 0.717) is 0 Å². The fourth-order valence-corrected chi connectivity index (χ4v) is 4.07. The lowest BCUT2D eigenvalue weighted by molar-refractivity contribution is 1.44. The number of nitrogens with one attached hydrogen (secondary N) is 1. The van der Waals surface area contributed by atoms with Crippen molar-refractivity contribution >= 4 is 13.9 Å². The third-order valence-corrected chi connectivity index (χ3v) is 5.45. The second-order valence-corrected chi connectivity index (χ2v) is 8.49. The molecule has 15 heavy (non-hydrogen) atoms. The van der Waals surface area contributed by atoms with Crippen molar-refractivity contribution in [3.63, 3.8) is 0 Å². The Labute approximate surface area is 92.6 Å². The van der Waals surface area contributed by atoms with Crippen LogP contribution in [0, 0.1) is 0 Å². The molecule has 2 rings (SSSR count). The molecule has 1 aliphatic carbocycles. The molecule has 1 aromatic carbocycles. The van der Waals surface area contributed by atoms with Crippen molar-refractivity contribution in [1.29, 1.82) is 0 Å². The average molecular weight is 215 g/mol. The number of anilines is 1. The first-order valence-corrected chi connectivity index (χ1v) is 8.39. The van der Waals surface area contributed by atoms with Crippen molar-refractivity contribution in [1.82, 2.24) is 0 Å². The van der Waals surface area contributed by atoms with Gasteiger partial charge in [0.15, 0.2) is 8.24 Å². The lowest BCUT2D eigenvalue weighted by atomic mass is 10.3. The van der Waals surface area contributed by atoms with Crippen molar-refractivity contribution in [3.05, 3.63) is 53.8 Å². The summed E-state index contributed by atoms with van der Waals surface area (Å²) in [6.07, 6.45) is 7.93. The van der Waals surface area contributed by atoms with E-state index in [1.54, 1.807) is 0 Å². The van der Waals surface area contributed by atoms with Crippen LogP contribution in [0.4, 0.5) is 5.69 Å². The summed E-state index contributed by atoms with van der Waals surface area (Å²) in [5.74, 6) is 0. The number of hydrogen-bond acceptors (Lipinski definition) is 1. The summed E-state index contributed by atoms with van der Waals surface area (Å²) in [6, 6.07) is 10.5. The Kier molecular flexibility index (Phi) is 2.78. The normalized spacial score (nSPS) is 15.2. The van der Waals surface area contributed by atoms with Crippen molar-refractivity contribution in [3.8, 4) is 0 Å². The monoisotopic (exact) mass is 215 g/mol. The minimum absolute atomic E-state index is 1.10. The molecule has 0 heterocycles. The topological polar surface area (TPSA) is 12.0 Å². The van der Waals surface area contributed by atoms with E-state index in [4.69, 9.17) is 0 Å². The van der Waals surface area contributed by atoms with Crippen molar-refractivity contribution < 1.29 is 0 Å². The summed E-state index contributed by atoms with van der Waals surface area (Å²) >= 11 is 0. The van der Waals surface area contributed by atoms with Crippen LogP contribution in [-0.2, 0) is 0 Å². The molecule has 0 saturated carbocycles. The summed E-state index contributed by atoms with van der Waals surface area (Å²) in [5.41, 5.74) is 1.23. The molecule has 1 aromatic rings. The van der Waals surface area contributed by atoms with Crippen LogP contribution in [0.15, 0.2) is 53.8 Å². The molecule has 0 aliphatic heterocycles. The van der Waals surface area contributed by atoms with Crippen LogP contribution in [0.25, 0.3) is 0 Å². The van der Waals surface area contributed by atoms with Gasteiger partial charge in [-0.05, 0) is 36.8 Å². The molecule has 78 valence electrons. The van der Waals surface area contributed by atoms with Crippen molar-refractivity contribution in [2.45, 2.75) is 19.5 Å². The Hall–Kier alpha value is -1.28. The number of hydrogen-bond donors (Lipinski definition) is 1. The third-order valence-electron chi connectivity index (χ3n) is 2.72. The maximum Gasteiger partial charge on any atom is 0.179 e. The molecule has 0 unspecified atom stereocenters. The van der Waals surface area contributed by atoms with Gasteiger partial charge in [0, 0.05) is 5.69 Å². The first kappa shape index (κ1) is 10.2. The van der Waals surface area contributed by atoms with Crippen LogP contribution < -0.4 is 4.98 Å². The van der Waals surface area contributed by atoms with Gasteiger partial charge in [0.05, 0.1) is 0 Å². The predicted octanol–water partition coefficient (Wildman–Crippen LogP) is 3.73. The van der Waals surface area contributed by atoms with Gasteiger partial charge in [0.2, 0.25) is 0 Å². The molecular weight excluding hydrogens is 198 g/mol. The zero-order chi connectivity index (χ0) is 10.7. The zero-order valence-electron chi connectivity index (χ0n) is 9.33. The van der Waals surface area contributed by atoms with E-state index < -0.39 is 8.24 Å². The van der Waals surface area contributed by atoms with Crippen molar-refractivity contribution in [2.24, 2.45) is 0 Å². The highest BCUT2D eigenvalue weighted by Crippen LogP contribution is 2.23. The molecule has 0 saturated heterocycles. The average Bonchev–Trinajstić information content (AvgIpc) is 2.71. The first-order valence-electron chi connectivity index (χ1n) is 5.39. The first-order chi connectivity index (χ1) is 7.18. The van der Waals surface area contributed by atoms with Crippen LogP contribution in [0.2, 0.25) is 13.1 Å². The highest BCUT2D eigenvalue weighted by molar-refractivity contribution is 6.87. The van der Waals surface area contributed by atoms with E-state index in [1.165, 1.54) is 10.9 Å². The van der Waals surface area contributed by atoms with Gasteiger partial charge in [0.25, 0.3) is 0 Å². The smallest absolute Gasteiger partial charge is 0.179 e. The minimum atomic E-state index is -1.49. The van der Waals surface area contributed by atoms with E-state index in [0.717, 1.165) is 6.42 Å². The molecule has 0 spiro atoms. The molecular formula is C13H17NSi. The minimum Gasteiger partial charge on any atom is -0.407 e. The molecule has 0 amide bonds. The quantitative estimate of drug-likeness (QED) is 0.758. The molecule has 1 aliphatic rings. The van der Waals surface area contributed by atoms with E-state index in [-0.39, 0.29) is 0 Å². The third kappa shape index (κ3) is 2.39. The number of allylic oxidation sites excluding steroid dienone is 4. The maximum absolute atomic E-state index is 3.68. The van der Waals surface area contributed by atoms with Crippen LogP contribution in [0.3, 0.4) is 0 Å². The largest absolute Gasteiger partial charge is 0.407 e. The molecule has 0 fully saturated rings. The van der Waals surface area contributed by atoms with Gasteiger partial charge in [-0.1, -0.05) is 36.4 Å². The fraction of sp³-hybridized carbons (Fsp3) is 0.231. The zero-order valence-corrected chi connectivity index (χ0v) is 10.3. The molecule has 0 atom stereocenters. The van der Waals surface area contributed by atoms with Gasteiger partial charge in [-0.25, -0.2) is 0 Å². The lowest BCUT2D eigenvalue weighted by Gasteiger charge is -2.25. The SMILES string of the molecule is C[Si](C)(Nc1ccccc1)C1=CCC=C1. The standard InChI is InChI=1S/C13H17NSi/c1-15(2,13-10-6-7-11-13)14-12-8-4-3-5-9-12/h3-6,8-11,14H,7H2,1-2H3. The summed E-state index contributed by atoms with van der Waals surface area (Å²) in [6.45, 7) is 4.70. The number of rotatable bonds is 3. The molecule has 0 radical (unpaired) electrons. The van der Waals surface area contributed by atoms with Gasteiger partial charge in [0.1, 0.15) is 0 Å². The van der Waals surface area contributed by atoms with Gasteiger partial charge < -0.3 is 4.98 Å². The van der Waals surface area contributed by atoms with E-state index in [2.05, 4.69) is 66.6 Å². The number of para-hydroxylation sites is 1. The predicted molar refractivity (Wildman–Crippen MR) is 69.4 cm³/mol. The molecule has 1 N–H and O–H groups in total. The van der Waals surface area contributed by atoms with E-state index in [9.17, 15) is 0 Å². The molecule has 2 heteroatoms. The van der Waals surface area contributed by atoms with E-state index in [1.807, 2.05) is 0 Å². The Morgan fingerprint density at radius 1 is 1.13 bits per heavy atom. The second-order valence-electron chi connectivity index (χ2n) is 4.41. The lowest BCUT2D eigenvalue weighted by Crippen LogP contribution is -2.38. The molecule has 1 nitrogen and oxygen atoms in total. The molecule has 0 aromatic heterocycles. The second kappa shape index (κ2) is 4.07. The summed E-state index contributed by atoms with van der Waals surface area (Å²) in [5, 5.41) is 1.51. The van der Waals surface area contributed by atoms with Gasteiger partial charge in [-0.15, -0.1) is 0 Å². The van der Waals surface area contributed by atoms with Gasteiger partial charge in [-0.2, -0.15) is 0 Å². The Balaban J connectivity index is 2.14. The van der Waals surface area contributed by atoms with Crippen LogP contribution in [0.1, 0.15) is 6.42 Å². The van der Waals surface area contributed by atoms with Crippen molar-refractivity contribution in [2.75, 3.05) is 4.98 Å². The van der Waals surface area contributed by atoms with Crippen LogP contribution in [-0.4, -0.2) is 8.24 Å². The van der Waals surface area contributed by atoms with Crippen LogP contribution >= 0.6 is 0 Å². The Morgan fingerprint density at radius 3 is 2.47 bits per heavy atom.